The summed E-state index contributed by atoms with van der Waals surface area (Å²) in [7, 11) is 3.13. The minimum atomic E-state index is -0.374. The number of hydrogen-bond donors (Lipinski definition) is 0. The first-order chi connectivity index (χ1) is 8.97. The summed E-state index contributed by atoms with van der Waals surface area (Å²) in [6.45, 7) is 3.61. The zero-order chi connectivity index (χ0) is 14.4. The van der Waals surface area contributed by atoms with E-state index in [9.17, 15) is 4.79 Å². The molecule has 0 atom stereocenters. The van der Waals surface area contributed by atoms with Gasteiger partial charge in [-0.1, -0.05) is 0 Å². The fourth-order valence-electron chi connectivity index (χ4n) is 1.47. The van der Waals surface area contributed by atoms with E-state index in [4.69, 9.17) is 14.2 Å². The Morgan fingerprint density at radius 3 is 2.47 bits per heavy atom. The normalized spacial score (nSPS) is 10.8. The molecular weight excluding hydrogens is 312 g/mol. The molecule has 0 aromatic heterocycles. The Morgan fingerprint density at radius 1 is 1.26 bits per heavy atom. The summed E-state index contributed by atoms with van der Waals surface area (Å²) in [5.74, 6) is 0.832. The summed E-state index contributed by atoms with van der Waals surface area (Å²) in [4.78, 5) is 11.4. The zero-order valence-corrected chi connectivity index (χ0v) is 13.0. The third-order valence-corrected chi connectivity index (χ3v) is 2.81. The van der Waals surface area contributed by atoms with E-state index >= 15 is 0 Å². The van der Waals surface area contributed by atoms with Crippen molar-refractivity contribution in [2.24, 2.45) is 0 Å². The molecule has 0 heterocycles. The molecule has 0 aliphatic rings. The lowest BCUT2D eigenvalue weighted by Gasteiger charge is -2.10. The van der Waals surface area contributed by atoms with Crippen LogP contribution in [0.2, 0.25) is 0 Å². The van der Waals surface area contributed by atoms with Gasteiger partial charge in [0.05, 0.1) is 24.8 Å². The van der Waals surface area contributed by atoms with E-state index in [1.165, 1.54) is 6.08 Å². The summed E-state index contributed by atoms with van der Waals surface area (Å²) >= 11 is 3.39. The maximum atomic E-state index is 11.4. The van der Waals surface area contributed by atoms with Crippen molar-refractivity contribution in [1.82, 2.24) is 0 Å². The van der Waals surface area contributed by atoms with E-state index in [0.29, 0.717) is 11.5 Å². The topological polar surface area (TPSA) is 44.8 Å². The Hall–Kier alpha value is -1.49. The molecule has 1 rings (SSSR count). The molecule has 0 spiro atoms. The fourth-order valence-corrected chi connectivity index (χ4v) is 2.09. The van der Waals surface area contributed by atoms with E-state index in [0.717, 1.165) is 10.0 Å². The Balaban J connectivity index is 2.93. The predicted octanol–water partition coefficient (Wildman–Crippen LogP) is 3.43. The molecule has 0 aliphatic carbocycles. The van der Waals surface area contributed by atoms with Crippen molar-refractivity contribution >= 4 is 28.0 Å². The predicted molar refractivity (Wildman–Crippen MR) is 77.5 cm³/mol. The SMILES string of the molecule is COc1cc(C=CC(=O)OC(C)C)cc(Br)c1OC. The molecule has 5 heteroatoms. The first-order valence-electron chi connectivity index (χ1n) is 5.78. The Bertz CT molecular complexity index is 481. The van der Waals surface area contributed by atoms with Crippen LogP contribution in [0, 0.1) is 0 Å². The van der Waals surface area contributed by atoms with Crippen LogP contribution < -0.4 is 9.47 Å². The second-order valence-electron chi connectivity index (χ2n) is 4.06. The first kappa shape index (κ1) is 15.6. The molecule has 1 aromatic rings. The van der Waals surface area contributed by atoms with Gasteiger partial charge in [-0.05, 0) is 53.5 Å². The third-order valence-electron chi connectivity index (χ3n) is 2.22. The summed E-state index contributed by atoms with van der Waals surface area (Å²) < 4.78 is 16.2. The van der Waals surface area contributed by atoms with Crippen LogP contribution >= 0.6 is 15.9 Å². The van der Waals surface area contributed by atoms with Crippen LogP contribution in [0.25, 0.3) is 6.08 Å². The Labute approximate surface area is 121 Å². The quantitative estimate of drug-likeness (QED) is 0.613. The number of ether oxygens (including phenoxy) is 3. The van der Waals surface area contributed by atoms with Crippen molar-refractivity contribution in [3.8, 4) is 11.5 Å². The van der Waals surface area contributed by atoms with Gasteiger partial charge in [-0.2, -0.15) is 0 Å². The number of halogens is 1. The lowest BCUT2D eigenvalue weighted by atomic mass is 10.2. The highest BCUT2D eigenvalue weighted by atomic mass is 79.9. The van der Waals surface area contributed by atoms with Gasteiger partial charge in [-0.15, -0.1) is 0 Å². The van der Waals surface area contributed by atoms with Gasteiger partial charge in [0.25, 0.3) is 0 Å². The summed E-state index contributed by atoms with van der Waals surface area (Å²) in [6.07, 6.45) is 2.92. The highest BCUT2D eigenvalue weighted by Gasteiger charge is 2.09. The Morgan fingerprint density at radius 2 is 1.95 bits per heavy atom. The van der Waals surface area contributed by atoms with Crippen molar-refractivity contribution in [2.45, 2.75) is 20.0 Å². The molecule has 104 valence electrons. The van der Waals surface area contributed by atoms with Crippen LogP contribution in [0.5, 0.6) is 11.5 Å². The molecule has 0 radical (unpaired) electrons. The van der Waals surface area contributed by atoms with Crippen LogP contribution in [-0.2, 0) is 9.53 Å². The molecule has 0 saturated heterocycles. The molecule has 0 N–H and O–H groups in total. The van der Waals surface area contributed by atoms with Gasteiger partial charge >= 0.3 is 5.97 Å². The molecule has 0 aliphatic heterocycles. The van der Waals surface area contributed by atoms with Gasteiger partial charge in [0.2, 0.25) is 0 Å². The molecule has 0 unspecified atom stereocenters. The summed E-state index contributed by atoms with van der Waals surface area (Å²) in [5, 5.41) is 0. The number of methoxy groups -OCH3 is 2. The average molecular weight is 329 g/mol. The zero-order valence-electron chi connectivity index (χ0n) is 11.4. The van der Waals surface area contributed by atoms with E-state index in [-0.39, 0.29) is 12.1 Å². The van der Waals surface area contributed by atoms with Crippen molar-refractivity contribution in [1.29, 1.82) is 0 Å². The highest BCUT2D eigenvalue weighted by Crippen LogP contribution is 2.36. The Kier molecular flexibility index (Phi) is 5.89. The molecule has 0 bridgehead atoms. The number of hydrogen-bond acceptors (Lipinski definition) is 4. The monoisotopic (exact) mass is 328 g/mol. The molecule has 1 aromatic carbocycles. The average Bonchev–Trinajstić information content (AvgIpc) is 2.34. The molecule has 0 fully saturated rings. The number of benzene rings is 1. The van der Waals surface area contributed by atoms with Gasteiger partial charge in [-0.25, -0.2) is 4.79 Å². The van der Waals surface area contributed by atoms with E-state index in [1.54, 1.807) is 40.2 Å². The lowest BCUT2D eigenvalue weighted by molar-refractivity contribution is -0.141. The molecule has 0 amide bonds. The van der Waals surface area contributed by atoms with Gasteiger partial charge < -0.3 is 14.2 Å². The summed E-state index contributed by atoms with van der Waals surface area (Å²) in [6, 6.07) is 3.61. The van der Waals surface area contributed by atoms with Crippen LogP contribution in [0.3, 0.4) is 0 Å². The van der Waals surface area contributed by atoms with Crippen LogP contribution in [0.15, 0.2) is 22.7 Å². The standard InChI is InChI=1S/C14H17BrO4/c1-9(2)19-13(16)6-5-10-7-11(15)14(18-4)12(8-10)17-3/h5-9H,1-4H3. The molecule has 19 heavy (non-hydrogen) atoms. The van der Waals surface area contributed by atoms with E-state index in [2.05, 4.69) is 15.9 Å². The highest BCUT2D eigenvalue weighted by molar-refractivity contribution is 9.10. The largest absolute Gasteiger partial charge is 0.493 e. The second-order valence-corrected chi connectivity index (χ2v) is 4.91. The maximum Gasteiger partial charge on any atom is 0.331 e. The smallest absolute Gasteiger partial charge is 0.331 e. The molecular formula is C14H17BrO4. The van der Waals surface area contributed by atoms with Crippen molar-refractivity contribution < 1.29 is 19.0 Å². The van der Waals surface area contributed by atoms with E-state index in [1.807, 2.05) is 6.07 Å². The second kappa shape index (κ2) is 7.19. The van der Waals surface area contributed by atoms with Crippen molar-refractivity contribution in [2.75, 3.05) is 14.2 Å². The number of rotatable bonds is 5. The minimum Gasteiger partial charge on any atom is -0.493 e. The number of esters is 1. The molecule has 0 saturated carbocycles. The fraction of sp³-hybridized carbons (Fsp3) is 0.357. The number of carbonyl (C=O) groups is 1. The third kappa shape index (κ3) is 4.59. The van der Waals surface area contributed by atoms with E-state index < -0.39 is 0 Å². The van der Waals surface area contributed by atoms with Crippen LogP contribution in [-0.4, -0.2) is 26.3 Å². The number of carbonyl (C=O) groups excluding carboxylic acids is 1. The van der Waals surface area contributed by atoms with Gasteiger partial charge in [0, 0.05) is 6.08 Å². The first-order valence-corrected chi connectivity index (χ1v) is 6.57. The van der Waals surface area contributed by atoms with Gasteiger partial charge in [-0.3, -0.25) is 0 Å². The van der Waals surface area contributed by atoms with Crippen molar-refractivity contribution in [3.05, 3.63) is 28.2 Å². The minimum absolute atomic E-state index is 0.130. The van der Waals surface area contributed by atoms with Gasteiger partial charge in [0.15, 0.2) is 11.5 Å². The summed E-state index contributed by atoms with van der Waals surface area (Å²) in [5.41, 5.74) is 0.810. The molecule has 4 nitrogen and oxygen atoms in total. The van der Waals surface area contributed by atoms with Crippen LogP contribution in [0.4, 0.5) is 0 Å². The van der Waals surface area contributed by atoms with Crippen molar-refractivity contribution in [3.63, 3.8) is 0 Å². The maximum absolute atomic E-state index is 11.4. The van der Waals surface area contributed by atoms with Crippen LogP contribution in [0.1, 0.15) is 19.4 Å². The van der Waals surface area contributed by atoms with Gasteiger partial charge in [0.1, 0.15) is 0 Å². The lowest BCUT2D eigenvalue weighted by Crippen LogP contribution is -2.08.